The van der Waals surface area contributed by atoms with Gasteiger partial charge in [0.2, 0.25) is 0 Å². The van der Waals surface area contributed by atoms with E-state index in [2.05, 4.69) is 15.0 Å². The van der Waals surface area contributed by atoms with Gasteiger partial charge < -0.3 is 9.72 Å². The Kier molecular flexibility index (Phi) is 5.27. The molecule has 10 heteroatoms. The number of aromatic nitrogens is 3. The van der Waals surface area contributed by atoms with Crippen LogP contribution in [0.15, 0.2) is 41.7 Å². The SMILES string of the molecule is Cc1cnc(CSc2nc3ccccc3[nH]2)cc1OCC(F)(F)C(F)(F)F. The van der Waals surface area contributed by atoms with E-state index in [1.165, 1.54) is 30.9 Å². The van der Waals surface area contributed by atoms with Gasteiger partial charge in [-0.3, -0.25) is 4.98 Å². The Morgan fingerprint density at radius 2 is 1.89 bits per heavy atom. The predicted molar refractivity (Wildman–Crippen MR) is 91.1 cm³/mol. The van der Waals surface area contributed by atoms with E-state index in [9.17, 15) is 22.0 Å². The lowest BCUT2D eigenvalue weighted by Gasteiger charge is -2.20. The van der Waals surface area contributed by atoms with Crippen molar-refractivity contribution in [2.45, 2.75) is 29.9 Å². The molecule has 0 aliphatic heterocycles. The molecule has 2 aromatic heterocycles. The number of nitrogens with zero attached hydrogens (tertiary/aromatic N) is 2. The first-order chi connectivity index (χ1) is 12.7. The van der Waals surface area contributed by atoms with E-state index in [0.717, 1.165) is 11.0 Å². The second-order valence-electron chi connectivity index (χ2n) is 5.78. The number of fused-ring (bicyclic) bond motifs is 1. The molecule has 0 spiro atoms. The van der Waals surface area contributed by atoms with Crippen LogP contribution in [0.2, 0.25) is 0 Å². The van der Waals surface area contributed by atoms with Crippen LogP contribution in [-0.4, -0.2) is 33.7 Å². The zero-order chi connectivity index (χ0) is 19.7. The molecule has 0 fully saturated rings. The van der Waals surface area contributed by atoms with E-state index < -0.39 is 18.7 Å². The van der Waals surface area contributed by atoms with Crippen molar-refractivity contribution in [3.8, 4) is 5.75 Å². The Labute approximate surface area is 155 Å². The molecule has 144 valence electrons. The maximum absolute atomic E-state index is 13.0. The second kappa shape index (κ2) is 7.34. The van der Waals surface area contributed by atoms with Crippen LogP contribution in [-0.2, 0) is 5.75 Å². The summed E-state index contributed by atoms with van der Waals surface area (Å²) in [4.78, 5) is 11.7. The molecule has 3 rings (SSSR count). The molecule has 27 heavy (non-hydrogen) atoms. The third kappa shape index (κ3) is 4.49. The lowest BCUT2D eigenvalue weighted by molar-refractivity contribution is -0.290. The summed E-state index contributed by atoms with van der Waals surface area (Å²) in [5.41, 5.74) is 2.51. The average molecular weight is 403 g/mol. The molecule has 0 aliphatic carbocycles. The minimum absolute atomic E-state index is 0.0610. The lowest BCUT2D eigenvalue weighted by Crippen LogP contribution is -2.41. The maximum atomic E-state index is 13.0. The number of hydrogen-bond acceptors (Lipinski definition) is 4. The summed E-state index contributed by atoms with van der Waals surface area (Å²) in [7, 11) is 0. The predicted octanol–water partition coefficient (Wildman–Crippen LogP) is 5.14. The van der Waals surface area contributed by atoms with Crippen LogP contribution in [0, 0.1) is 6.92 Å². The summed E-state index contributed by atoms with van der Waals surface area (Å²) in [6.45, 7) is -0.262. The molecule has 1 N–H and O–H groups in total. The van der Waals surface area contributed by atoms with Crippen molar-refractivity contribution in [3.63, 3.8) is 0 Å². The Morgan fingerprint density at radius 3 is 2.59 bits per heavy atom. The Bertz CT molecular complexity index is 909. The first kappa shape index (κ1) is 19.4. The van der Waals surface area contributed by atoms with Crippen molar-refractivity contribution in [1.82, 2.24) is 15.0 Å². The third-order valence-electron chi connectivity index (χ3n) is 3.66. The van der Waals surface area contributed by atoms with E-state index in [1.807, 2.05) is 24.3 Å². The smallest absolute Gasteiger partial charge is 0.456 e. The van der Waals surface area contributed by atoms with Gasteiger partial charge in [0.25, 0.3) is 0 Å². The van der Waals surface area contributed by atoms with Crippen LogP contribution in [0.4, 0.5) is 22.0 Å². The topological polar surface area (TPSA) is 50.8 Å². The lowest BCUT2D eigenvalue weighted by atomic mass is 10.2. The molecule has 0 bridgehead atoms. The molecule has 1 aromatic carbocycles. The van der Waals surface area contributed by atoms with Gasteiger partial charge >= 0.3 is 12.1 Å². The number of nitrogens with one attached hydrogen (secondary N) is 1. The number of aryl methyl sites for hydroxylation is 1. The van der Waals surface area contributed by atoms with Crippen molar-refractivity contribution in [2.75, 3.05) is 6.61 Å². The summed E-state index contributed by atoms with van der Waals surface area (Å²) in [5, 5.41) is 0.643. The molecule has 4 nitrogen and oxygen atoms in total. The number of pyridine rings is 1. The number of rotatable bonds is 6. The highest BCUT2D eigenvalue weighted by Crippen LogP contribution is 2.36. The van der Waals surface area contributed by atoms with Gasteiger partial charge in [0, 0.05) is 23.6 Å². The number of H-pyrrole nitrogens is 1. The van der Waals surface area contributed by atoms with E-state index in [-0.39, 0.29) is 5.75 Å². The number of aromatic amines is 1. The number of halogens is 5. The molecule has 2 heterocycles. The van der Waals surface area contributed by atoms with E-state index >= 15 is 0 Å². The quantitative estimate of drug-likeness (QED) is 0.458. The van der Waals surface area contributed by atoms with Crippen LogP contribution in [0.1, 0.15) is 11.3 Å². The number of alkyl halides is 5. The second-order valence-corrected chi connectivity index (χ2v) is 6.74. The molecule has 3 aromatic rings. The molecule has 0 aliphatic rings. The molecule has 0 saturated heterocycles. The zero-order valence-electron chi connectivity index (χ0n) is 14.0. The van der Waals surface area contributed by atoms with Crippen molar-refractivity contribution in [3.05, 3.63) is 47.8 Å². The Morgan fingerprint density at radius 1 is 1.15 bits per heavy atom. The summed E-state index contributed by atoms with van der Waals surface area (Å²) in [5.74, 6) is -4.65. The summed E-state index contributed by atoms with van der Waals surface area (Å²) in [6.07, 6.45) is -4.29. The average Bonchev–Trinajstić information content (AvgIpc) is 3.02. The number of para-hydroxylation sites is 2. The molecule has 0 unspecified atom stereocenters. The van der Waals surface area contributed by atoms with Crippen molar-refractivity contribution in [2.24, 2.45) is 0 Å². The largest absolute Gasteiger partial charge is 0.487 e. The fourth-order valence-corrected chi connectivity index (χ4v) is 2.96. The highest BCUT2D eigenvalue weighted by Gasteiger charge is 2.58. The summed E-state index contributed by atoms with van der Waals surface area (Å²) < 4.78 is 67.6. The minimum atomic E-state index is -5.66. The normalized spacial score (nSPS) is 12.5. The summed E-state index contributed by atoms with van der Waals surface area (Å²) in [6, 6.07) is 8.82. The maximum Gasteiger partial charge on any atom is 0.456 e. The standard InChI is InChI=1S/C17H14F5N3OS/c1-10-7-23-11(6-14(10)26-9-16(18,19)17(20,21)22)8-27-15-24-12-4-2-3-5-13(12)25-15/h2-7H,8-9H2,1H3,(H,24,25). The summed E-state index contributed by atoms with van der Waals surface area (Å²) >= 11 is 1.33. The number of hydrogen-bond donors (Lipinski definition) is 1. The highest BCUT2D eigenvalue weighted by molar-refractivity contribution is 7.98. The molecular formula is C17H14F5N3OS. The van der Waals surface area contributed by atoms with Crippen molar-refractivity contribution >= 4 is 22.8 Å². The molecule has 0 radical (unpaired) electrons. The van der Waals surface area contributed by atoms with Crippen LogP contribution in [0.25, 0.3) is 11.0 Å². The molecule has 0 saturated carbocycles. The van der Waals surface area contributed by atoms with Crippen LogP contribution < -0.4 is 4.74 Å². The molecule has 0 atom stereocenters. The van der Waals surface area contributed by atoms with Gasteiger partial charge in [-0.15, -0.1) is 0 Å². The van der Waals surface area contributed by atoms with E-state index in [4.69, 9.17) is 4.74 Å². The highest BCUT2D eigenvalue weighted by atomic mass is 32.2. The monoisotopic (exact) mass is 403 g/mol. The van der Waals surface area contributed by atoms with E-state index in [0.29, 0.717) is 22.2 Å². The first-order valence-electron chi connectivity index (χ1n) is 7.76. The Balaban J connectivity index is 1.67. The molecule has 0 amide bonds. The fourth-order valence-electron chi connectivity index (χ4n) is 2.17. The van der Waals surface area contributed by atoms with Crippen LogP contribution >= 0.6 is 11.8 Å². The fraction of sp³-hybridized carbons (Fsp3) is 0.294. The minimum Gasteiger partial charge on any atom is -0.487 e. The van der Waals surface area contributed by atoms with Gasteiger partial charge in [-0.25, -0.2) is 4.98 Å². The third-order valence-corrected chi connectivity index (χ3v) is 4.57. The number of benzene rings is 1. The van der Waals surface area contributed by atoms with Gasteiger partial charge in [0.15, 0.2) is 11.8 Å². The number of thioether (sulfide) groups is 1. The van der Waals surface area contributed by atoms with Crippen LogP contribution in [0.3, 0.4) is 0 Å². The van der Waals surface area contributed by atoms with Gasteiger partial charge in [0.05, 0.1) is 16.7 Å². The van der Waals surface area contributed by atoms with Gasteiger partial charge in [-0.1, -0.05) is 23.9 Å². The van der Waals surface area contributed by atoms with Gasteiger partial charge in [-0.05, 0) is 19.1 Å². The number of ether oxygens (including phenoxy) is 1. The number of imidazole rings is 1. The van der Waals surface area contributed by atoms with Gasteiger partial charge in [-0.2, -0.15) is 22.0 Å². The molecular weight excluding hydrogens is 389 g/mol. The first-order valence-corrected chi connectivity index (χ1v) is 8.75. The Hall–Kier alpha value is -2.36. The van der Waals surface area contributed by atoms with Crippen LogP contribution in [0.5, 0.6) is 5.75 Å². The zero-order valence-corrected chi connectivity index (χ0v) is 14.8. The van der Waals surface area contributed by atoms with Crippen molar-refractivity contribution in [1.29, 1.82) is 0 Å². The van der Waals surface area contributed by atoms with Crippen molar-refractivity contribution < 1.29 is 26.7 Å². The van der Waals surface area contributed by atoms with E-state index in [1.54, 1.807) is 0 Å². The van der Waals surface area contributed by atoms with Gasteiger partial charge in [0.1, 0.15) is 5.75 Å².